The molecule has 0 aliphatic rings. The summed E-state index contributed by atoms with van der Waals surface area (Å²) in [5, 5.41) is 2.84. The molecular weight excluding hydrogens is 342 g/mol. The molecule has 0 heterocycles. The van der Waals surface area contributed by atoms with E-state index < -0.39 is 12.1 Å². The van der Waals surface area contributed by atoms with Crippen LogP contribution in [0.25, 0.3) is 0 Å². The van der Waals surface area contributed by atoms with E-state index in [1.165, 1.54) is 7.11 Å². The van der Waals surface area contributed by atoms with Gasteiger partial charge in [-0.2, -0.15) is 0 Å². The van der Waals surface area contributed by atoms with Gasteiger partial charge in [0.25, 0.3) is 5.91 Å². The molecule has 1 atom stereocenters. The van der Waals surface area contributed by atoms with Gasteiger partial charge < -0.3 is 14.8 Å². The number of esters is 1. The molecule has 0 aliphatic carbocycles. The lowest BCUT2D eigenvalue weighted by Crippen LogP contribution is -2.31. The first-order valence-corrected chi connectivity index (χ1v) is 9.00. The Balaban J connectivity index is 2.18. The molecule has 5 heteroatoms. The summed E-state index contributed by atoms with van der Waals surface area (Å²) in [6.07, 6.45) is -0.689. The molecule has 144 valence electrons. The van der Waals surface area contributed by atoms with Crippen molar-refractivity contribution in [3.8, 4) is 5.75 Å². The van der Waals surface area contributed by atoms with E-state index in [2.05, 4.69) is 19.2 Å². The Morgan fingerprint density at radius 3 is 2.37 bits per heavy atom. The number of methoxy groups -OCH3 is 1. The van der Waals surface area contributed by atoms with Crippen LogP contribution >= 0.6 is 0 Å². The standard InChI is InChI=1S/C22H27NO4/c1-13(2)17-11-10-14(3)12-20(17)27-16(5)21(24)23-19-9-7-8-18(15(19)4)22(25)26-6/h7-13,16H,1-6H3,(H,23,24)/t16-/m1/s1. The molecule has 0 unspecified atom stereocenters. The minimum absolute atomic E-state index is 0.281. The van der Waals surface area contributed by atoms with Crippen LogP contribution in [0.3, 0.4) is 0 Å². The SMILES string of the molecule is COC(=O)c1cccc(NC(=O)[C@@H](C)Oc2cc(C)ccc2C(C)C)c1C. The number of amides is 1. The highest BCUT2D eigenvalue weighted by molar-refractivity contribution is 5.98. The summed E-state index contributed by atoms with van der Waals surface area (Å²) in [6.45, 7) is 9.64. The van der Waals surface area contributed by atoms with Crippen molar-refractivity contribution >= 4 is 17.6 Å². The summed E-state index contributed by atoms with van der Waals surface area (Å²) in [5.74, 6) is 0.285. The van der Waals surface area contributed by atoms with E-state index >= 15 is 0 Å². The number of carbonyl (C=O) groups is 2. The lowest BCUT2D eigenvalue weighted by atomic mass is 10.0. The lowest BCUT2D eigenvalue weighted by molar-refractivity contribution is -0.122. The van der Waals surface area contributed by atoms with Crippen LogP contribution < -0.4 is 10.1 Å². The summed E-state index contributed by atoms with van der Waals surface area (Å²) in [5.41, 5.74) is 3.77. The Bertz CT molecular complexity index is 842. The molecule has 1 amide bonds. The molecule has 0 spiro atoms. The first kappa shape index (κ1) is 20.5. The molecule has 0 aliphatic heterocycles. The molecule has 0 fully saturated rings. The number of rotatable bonds is 6. The van der Waals surface area contributed by atoms with E-state index in [1.807, 2.05) is 25.1 Å². The molecular formula is C22H27NO4. The quantitative estimate of drug-likeness (QED) is 0.755. The van der Waals surface area contributed by atoms with Crippen LogP contribution in [0.1, 0.15) is 53.7 Å². The maximum absolute atomic E-state index is 12.6. The monoisotopic (exact) mass is 369 g/mol. The molecule has 27 heavy (non-hydrogen) atoms. The summed E-state index contributed by atoms with van der Waals surface area (Å²) in [4.78, 5) is 24.5. The molecule has 2 aromatic rings. The van der Waals surface area contributed by atoms with Crippen molar-refractivity contribution in [3.05, 3.63) is 58.7 Å². The number of benzene rings is 2. The summed E-state index contributed by atoms with van der Waals surface area (Å²) >= 11 is 0. The van der Waals surface area contributed by atoms with Crippen LogP contribution in [0.15, 0.2) is 36.4 Å². The van der Waals surface area contributed by atoms with Crippen LogP contribution in [-0.4, -0.2) is 25.1 Å². The van der Waals surface area contributed by atoms with Gasteiger partial charge in [0.2, 0.25) is 0 Å². The highest BCUT2D eigenvalue weighted by Gasteiger charge is 2.20. The smallest absolute Gasteiger partial charge is 0.338 e. The zero-order chi connectivity index (χ0) is 20.1. The van der Waals surface area contributed by atoms with E-state index in [-0.39, 0.29) is 11.8 Å². The van der Waals surface area contributed by atoms with Gasteiger partial charge in [-0.1, -0.05) is 32.0 Å². The number of nitrogens with one attached hydrogen (secondary N) is 1. The van der Waals surface area contributed by atoms with Crippen LogP contribution in [0.2, 0.25) is 0 Å². The van der Waals surface area contributed by atoms with Crippen molar-refractivity contribution in [2.75, 3.05) is 12.4 Å². The fourth-order valence-electron chi connectivity index (χ4n) is 2.80. The first-order valence-electron chi connectivity index (χ1n) is 9.00. The predicted octanol–water partition coefficient (Wildman–Crippen LogP) is 4.62. The maximum Gasteiger partial charge on any atom is 0.338 e. The van der Waals surface area contributed by atoms with Gasteiger partial charge in [-0.25, -0.2) is 4.79 Å². The molecule has 0 saturated carbocycles. The highest BCUT2D eigenvalue weighted by Crippen LogP contribution is 2.28. The number of carbonyl (C=O) groups excluding carboxylic acids is 2. The Morgan fingerprint density at radius 2 is 1.74 bits per heavy atom. The zero-order valence-electron chi connectivity index (χ0n) is 16.8. The summed E-state index contributed by atoms with van der Waals surface area (Å²) in [6, 6.07) is 11.1. The van der Waals surface area contributed by atoms with Crippen LogP contribution in [0.5, 0.6) is 5.75 Å². The number of anilines is 1. The molecule has 0 bridgehead atoms. The molecule has 5 nitrogen and oxygen atoms in total. The first-order chi connectivity index (χ1) is 12.7. The van der Waals surface area contributed by atoms with Gasteiger partial charge in [0.15, 0.2) is 6.10 Å². The average Bonchev–Trinajstić information content (AvgIpc) is 2.62. The Morgan fingerprint density at radius 1 is 1.04 bits per heavy atom. The lowest BCUT2D eigenvalue weighted by Gasteiger charge is -2.20. The Hall–Kier alpha value is -2.82. The molecule has 0 aromatic heterocycles. The van der Waals surface area contributed by atoms with Gasteiger partial charge in [0, 0.05) is 5.69 Å². The van der Waals surface area contributed by atoms with Crippen LogP contribution in [0.4, 0.5) is 5.69 Å². The van der Waals surface area contributed by atoms with Crippen LogP contribution in [0, 0.1) is 13.8 Å². The maximum atomic E-state index is 12.6. The fourth-order valence-corrected chi connectivity index (χ4v) is 2.80. The van der Waals surface area contributed by atoms with E-state index in [0.717, 1.165) is 11.1 Å². The van der Waals surface area contributed by atoms with E-state index in [9.17, 15) is 9.59 Å². The Labute approximate surface area is 160 Å². The van der Waals surface area contributed by atoms with E-state index in [4.69, 9.17) is 9.47 Å². The number of ether oxygens (including phenoxy) is 2. The summed E-state index contributed by atoms with van der Waals surface area (Å²) < 4.78 is 10.7. The van der Waals surface area contributed by atoms with Gasteiger partial charge in [-0.3, -0.25) is 4.79 Å². The second kappa shape index (κ2) is 8.71. The van der Waals surface area contributed by atoms with Crippen molar-refractivity contribution in [2.24, 2.45) is 0 Å². The normalized spacial score (nSPS) is 11.8. The van der Waals surface area contributed by atoms with Gasteiger partial charge in [0.1, 0.15) is 5.75 Å². The molecule has 2 rings (SSSR count). The van der Waals surface area contributed by atoms with Gasteiger partial charge in [-0.15, -0.1) is 0 Å². The van der Waals surface area contributed by atoms with Gasteiger partial charge >= 0.3 is 5.97 Å². The largest absolute Gasteiger partial charge is 0.481 e. The number of aryl methyl sites for hydroxylation is 1. The molecule has 0 saturated heterocycles. The minimum Gasteiger partial charge on any atom is -0.481 e. The van der Waals surface area contributed by atoms with Crippen molar-refractivity contribution in [2.45, 2.75) is 46.6 Å². The summed E-state index contributed by atoms with van der Waals surface area (Å²) in [7, 11) is 1.33. The minimum atomic E-state index is -0.689. The zero-order valence-corrected chi connectivity index (χ0v) is 16.8. The average molecular weight is 369 g/mol. The van der Waals surface area contributed by atoms with E-state index in [1.54, 1.807) is 32.0 Å². The molecule has 1 N–H and O–H groups in total. The second-order valence-corrected chi connectivity index (χ2v) is 6.92. The third-order valence-corrected chi connectivity index (χ3v) is 4.46. The van der Waals surface area contributed by atoms with Gasteiger partial charge in [0.05, 0.1) is 12.7 Å². The van der Waals surface area contributed by atoms with Crippen molar-refractivity contribution in [1.82, 2.24) is 0 Å². The van der Waals surface area contributed by atoms with E-state index in [0.29, 0.717) is 22.6 Å². The third kappa shape index (κ3) is 4.88. The Kier molecular flexibility index (Phi) is 6.61. The predicted molar refractivity (Wildman–Crippen MR) is 107 cm³/mol. The third-order valence-electron chi connectivity index (χ3n) is 4.46. The highest BCUT2D eigenvalue weighted by atomic mass is 16.5. The fraction of sp³-hybridized carbons (Fsp3) is 0.364. The van der Waals surface area contributed by atoms with Crippen molar-refractivity contribution < 1.29 is 19.1 Å². The number of hydrogen-bond acceptors (Lipinski definition) is 4. The second-order valence-electron chi connectivity index (χ2n) is 6.92. The van der Waals surface area contributed by atoms with Crippen molar-refractivity contribution in [3.63, 3.8) is 0 Å². The molecule has 0 radical (unpaired) electrons. The topological polar surface area (TPSA) is 64.6 Å². The number of hydrogen-bond donors (Lipinski definition) is 1. The van der Waals surface area contributed by atoms with Gasteiger partial charge in [-0.05, 0) is 61.6 Å². The van der Waals surface area contributed by atoms with Crippen molar-refractivity contribution in [1.29, 1.82) is 0 Å². The van der Waals surface area contributed by atoms with Crippen LogP contribution in [-0.2, 0) is 9.53 Å². The molecule has 2 aromatic carbocycles.